The molecule has 1 aliphatic heterocycles. The summed E-state index contributed by atoms with van der Waals surface area (Å²) in [6.07, 6.45) is 1.78. The average molecular weight is 367 g/mol. The number of hydrogen-bond donors (Lipinski definition) is 0. The van der Waals surface area contributed by atoms with Crippen LogP contribution in [0.25, 0.3) is 0 Å². The van der Waals surface area contributed by atoms with Crippen molar-refractivity contribution < 1.29 is 17.2 Å². The van der Waals surface area contributed by atoms with Gasteiger partial charge in [-0.3, -0.25) is 9.88 Å². The number of alkyl halides is 2. The van der Waals surface area contributed by atoms with E-state index in [1.165, 1.54) is 12.1 Å². The summed E-state index contributed by atoms with van der Waals surface area (Å²) < 4.78 is 48.1. The van der Waals surface area contributed by atoms with Gasteiger partial charge in [-0.25, -0.2) is 8.42 Å². The molecule has 2 aromatic rings. The van der Waals surface area contributed by atoms with Gasteiger partial charge in [-0.15, -0.1) is 0 Å². The molecule has 0 N–H and O–H groups in total. The first-order chi connectivity index (χ1) is 12.0. The lowest BCUT2D eigenvalue weighted by atomic mass is 10.2. The molecule has 0 amide bonds. The molecule has 1 aromatic heterocycles. The van der Waals surface area contributed by atoms with Crippen molar-refractivity contribution in [1.29, 1.82) is 0 Å². The number of pyridine rings is 1. The smallest absolute Gasteiger partial charge is 0.341 e. The van der Waals surface area contributed by atoms with Crippen LogP contribution >= 0.6 is 0 Å². The summed E-state index contributed by atoms with van der Waals surface area (Å²) in [5.41, 5.74) is 1.86. The first kappa shape index (κ1) is 17.8. The molecule has 1 aromatic carbocycles. The topological polar surface area (TPSA) is 53.5 Å². The maximum Gasteiger partial charge on any atom is 0.341 e. The fraction of sp³-hybridized carbons (Fsp3) is 0.353. The van der Waals surface area contributed by atoms with Gasteiger partial charge in [-0.1, -0.05) is 6.07 Å². The second-order valence-electron chi connectivity index (χ2n) is 5.88. The highest BCUT2D eigenvalue weighted by Crippen LogP contribution is 2.23. The lowest BCUT2D eigenvalue weighted by Crippen LogP contribution is -2.46. The molecular formula is C17H19F2N3O2S. The Hall–Kier alpha value is -2.06. The van der Waals surface area contributed by atoms with Crippen molar-refractivity contribution >= 4 is 15.5 Å². The highest BCUT2D eigenvalue weighted by molar-refractivity contribution is 7.91. The Kier molecular flexibility index (Phi) is 5.29. The Labute approximate surface area is 145 Å². The number of sulfone groups is 1. The van der Waals surface area contributed by atoms with Gasteiger partial charge in [0, 0.05) is 44.6 Å². The summed E-state index contributed by atoms with van der Waals surface area (Å²) in [5.74, 6) is -3.39. The van der Waals surface area contributed by atoms with Crippen LogP contribution in [-0.2, 0) is 16.4 Å². The molecule has 5 nitrogen and oxygen atoms in total. The fourth-order valence-corrected chi connectivity index (χ4v) is 3.56. The van der Waals surface area contributed by atoms with Crippen molar-refractivity contribution in [3.8, 4) is 0 Å². The maximum absolute atomic E-state index is 12.6. The van der Waals surface area contributed by atoms with Gasteiger partial charge >= 0.3 is 5.76 Å². The molecule has 0 bridgehead atoms. The number of aromatic nitrogens is 1. The van der Waals surface area contributed by atoms with E-state index in [4.69, 9.17) is 0 Å². The Morgan fingerprint density at radius 2 is 1.68 bits per heavy atom. The molecule has 2 heterocycles. The van der Waals surface area contributed by atoms with E-state index in [9.17, 15) is 17.2 Å². The van der Waals surface area contributed by atoms with Crippen LogP contribution in [0, 0.1) is 0 Å². The molecule has 0 aliphatic carbocycles. The van der Waals surface area contributed by atoms with Crippen LogP contribution in [0.1, 0.15) is 5.69 Å². The molecule has 0 saturated carbocycles. The van der Waals surface area contributed by atoms with Crippen molar-refractivity contribution in [2.75, 3.05) is 31.1 Å². The fourth-order valence-electron chi connectivity index (χ4n) is 2.83. The van der Waals surface area contributed by atoms with E-state index in [1.807, 2.05) is 18.2 Å². The number of nitrogens with zero attached hydrogens (tertiary/aromatic N) is 3. The minimum absolute atomic E-state index is 0.347. The van der Waals surface area contributed by atoms with Gasteiger partial charge in [-0.2, -0.15) is 8.78 Å². The highest BCUT2D eigenvalue weighted by atomic mass is 32.2. The molecule has 8 heteroatoms. The molecule has 0 atom stereocenters. The quantitative estimate of drug-likeness (QED) is 0.812. The molecule has 25 heavy (non-hydrogen) atoms. The van der Waals surface area contributed by atoms with Crippen LogP contribution in [0.3, 0.4) is 0 Å². The first-order valence-corrected chi connectivity index (χ1v) is 9.51. The number of anilines is 1. The molecule has 0 radical (unpaired) electrons. The summed E-state index contributed by atoms with van der Waals surface area (Å²) in [5, 5.41) is 0. The predicted molar refractivity (Wildman–Crippen MR) is 91.4 cm³/mol. The summed E-state index contributed by atoms with van der Waals surface area (Å²) in [4.78, 5) is 8.40. The molecular weight excluding hydrogens is 348 g/mol. The summed E-state index contributed by atoms with van der Waals surface area (Å²) in [6.45, 7) is 4.07. The Morgan fingerprint density at radius 1 is 1.00 bits per heavy atom. The first-order valence-electron chi connectivity index (χ1n) is 7.96. The normalized spacial score (nSPS) is 16.4. The summed E-state index contributed by atoms with van der Waals surface area (Å²) in [7, 11) is -4.53. The van der Waals surface area contributed by atoms with E-state index in [1.54, 1.807) is 18.3 Å². The van der Waals surface area contributed by atoms with E-state index in [2.05, 4.69) is 14.8 Å². The standard InChI is InChI=1S/C17H19F2N3O2S/c18-17(19)25(23,24)16-6-4-15(5-7-16)22-11-9-21(10-12-22)13-14-3-1-2-8-20-14/h1-8,17H,9-13H2. The van der Waals surface area contributed by atoms with Crippen molar-refractivity contribution in [2.45, 2.75) is 17.2 Å². The van der Waals surface area contributed by atoms with E-state index in [-0.39, 0.29) is 4.90 Å². The molecule has 0 unspecified atom stereocenters. The lowest BCUT2D eigenvalue weighted by molar-refractivity contribution is 0.234. The Morgan fingerprint density at radius 3 is 2.24 bits per heavy atom. The molecule has 0 spiro atoms. The minimum Gasteiger partial charge on any atom is -0.369 e. The highest BCUT2D eigenvalue weighted by Gasteiger charge is 2.26. The van der Waals surface area contributed by atoms with Gasteiger partial charge in [0.1, 0.15) is 0 Å². The van der Waals surface area contributed by atoms with Crippen molar-refractivity contribution in [1.82, 2.24) is 9.88 Å². The molecule has 1 fully saturated rings. The van der Waals surface area contributed by atoms with Gasteiger partial charge in [0.15, 0.2) is 0 Å². The van der Waals surface area contributed by atoms with Gasteiger partial charge in [-0.05, 0) is 36.4 Å². The van der Waals surface area contributed by atoms with Gasteiger partial charge < -0.3 is 4.90 Å². The largest absolute Gasteiger partial charge is 0.369 e. The van der Waals surface area contributed by atoms with Gasteiger partial charge in [0.25, 0.3) is 0 Å². The Balaban J connectivity index is 1.60. The lowest BCUT2D eigenvalue weighted by Gasteiger charge is -2.36. The van der Waals surface area contributed by atoms with Crippen LogP contribution in [-0.4, -0.2) is 50.2 Å². The van der Waals surface area contributed by atoms with Gasteiger partial charge in [0.2, 0.25) is 9.84 Å². The van der Waals surface area contributed by atoms with Crippen molar-refractivity contribution in [3.05, 3.63) is 54.4 Å². The van der Waals surface area contributed by atoms with Crippen LogP contribution in [0.4, 0.5) is 14.5 Å². The minimum atomic E-state index is -4.53. The molecule has 1 saturated heterocycles. The third-order valence-corrected chi connectivity index (χ3v) is 5.65. The average Bonchev–Trinajstić information content (AvgIpc) is 2.63. The number of piperazine rings is 1. The van der Waals surface area contributed by atoms with E-state index in [0.29, 0.717) is 0 Å². The monoisotopic (exact) mass is 367 g/mol. The molecule has 3 rings (SSSR count). The molecule has 1 aliphatic rings. The second-order valence-corrected chi connectivity index (χ2v) is 7.80. The van der Waals surface area contributed by atoms with E-state index >= 15 is 0 Å². The SMILES string of the molecule is O=S(=O)(c1ccc(N2CCN(Cc3ccccn3)CC2)cc1)C(F)F. The molecule has 134 valence electrons. The third-order valence-electron chi connectivity index (χ3n) is 4.25. The zero-order chi connectivity index (χ0) is 17.9. The number of halogens is 2. The van der Waals surface area contributed by atoms with Crippen LogP contribution in [0.15, 0.2) is 53.6 Å². The van der Waals surface area contributed by atoms with Crippen LogP contribution in [0.2, 0.25) is 0 Å². The van der Waals surface area contributed by atoms with Crippen LogP contribution in [0.5, 0.6) is 0 Å². The van der Waals surface area contributed by atoms with Crippen molar-refractivity contribution in [2.24, 2.45) is 0 Å². The van der Waals surface area contributed by atoms with Crippen LogP contribution < -0.4 is 4.90 Å². The Bertz CT molecular complexity index is 790. The maximum atomic E-state index is 12.6. The zero-order valence-corrected chi connectivity index (χ0v) is 14.4. The zero-order valence-electron chi connectivity index (χ0n) is 13.6. The summed E-state index contributed by atoms with van der Waals surface area (Å²) in [6, 6.07) is 11.5. The van der Waals surface area contributed by atoms with Crippen molar-refractivity contribution in [3.63, 3.8) is 0 Å². The van der Waals surface area contributed by atoms with E-state index in [0.717, 1.165) is 44.1 Å². The number of hydrogen-bond acceptors (Lipinski definition) is 5. The number of rotatable bonds is 5. The van der Waals surface area contributed by atoms with E-state index < -0.39 is 15.6 Å². The third kappa shape index (κ3) is 4.13. The predicted octanol–water partition coefficient (Wildman–Crippen LogP) is 2.40. The number of benzene rings is 1. The van der Waals surface area contributed by atoms with Gasteiger partial charge in [0.05, 0.1) is 10.6 Å². The second kappa shape index (κ2) is 7.45. The summed E-state index contributed by atoms with van der Waals surface area (Å²) >= 11 is 0.